The average Bonchev–Trinajstić information content (AvgIpc) is 2.66. The highest BCUT2D eigenvalue weighted by Crippen LogP contribution is 2.46. The molecule has 5 rings (SSSR count). The Labute approximate surface area is 145 Å². The molecule has 3 fully saturated rings. The highest BCUT2D eigenvalue weighted by molar-refractivity contribution is 5.63. The van der Waals surface area contributed by atoms with E-state index in [-0.39, 0.29) is 5.41 Å². The molecule has 0 aromatic heterocycles. The largest absolute Gasteiger partial charge is 0.323 e. The van der Waals surface area contributed by atoms with E-state index in [1.54, 1.807) is 6.07 Å². The van der Waals surface area contributed by atoms with Gasteiger partial charge in [0.2, 0.25) is 0 Å². The number of fused-ring (bicyclic) bond motifs is 3. The highest BCUT2D eigenvalue weighted by atomic mass is 19.2. The van der Waals surface area contributed by atoms with E-state index in [2.05, 4.69) is 6.92 Å². The Hall–Kier alpha value is -1.82. The minimum atomic E-state index is -1.15. The van der Waals surface area contributed by atoms with E-state index in [0.29, 0.717) is 25.4 Å². The molecule has 0 unspecified atom stereocenters. The molecule has 25 heavy (non-hydrogen) atoms. The van der Waals surface area contributed by atoms with E-state index in [4.69, 9.17) is 14.2 Å². The lowest BCUT2D eigenvalue weighted by atomic mass is 9.83. The van der Waals surface area contributed by atoms with Gasteiger partial charge in [0.15, 0.2) is 11.6 Å². The zero-order valence-corrected chi connectivity index (χ0v) is 14.1. The van der Waals surface area contributed by atoms with Crippen LogP contribution in [0.15, 0.2) is 42.5 Å². The highest BCUT2D eigenvalue weighted by Gasteiger charge is 2.53. The van der Waals surface area contributed by atoms with Gasteiger partial charge in [-0.05, 0) is 29.7 Å². The first-order valence-electron chi connectivity index (χ1n) is 8.54. The Bertz CT molecular complexity index is 748. The summed E-state index contributed by atoms with van der Waals surface area (Å²) in [6.07, 6.45) is 2.07. The lowest BCUT2D eigenvalue weighted by molar-refractivity contribution is -0.480. The first-order chi connectivity index (χ1) is 12.1. The van der Waals surface area contributed by atoms with Gasteiger partial charge in [-0.25, -0.2) is 8.78 Å². The summed E-state index contributed by atoms with van der Waals surface area (Å²) in [6, 6.07) is 11.2. The Morgan fingerprint density at radius 3 is 2.00 bits per heavy atom. The third-order valence-electron chi connectivity index (χ3n) is 4.98. The predicted molar refractivity (Wildman–Crippen MR) is 88.7 cm³/mol. The van der Waals surface area contributed by atoms with Crippen molar-refractivity contribution >= 4 is 0 Å². The maximum absolute atomic E-state index is 13.4. The molecule has 3 aliphatic heterocycles. The maximum atomic E-state index is 13.4. The zero-order chi connectivity index (χ0) is 17.5. The molecule has 2 bridgehead atoms. The summed E-state index contributed by atoms with van der Waals surface area (Å²) in [5.74, 6) is -2.86. The second kappa shape index (κ2) is 6.16. The summed E-state index contributed by atoms with van der Waals surface area (Å²) in [6.45, 7) is 3.99. The Balaban J connectivity index is 1.56. The summed E-state index contributed by atoms with van der Waals surface area (Å²) in [5, 5.41) is 0. The summed E-state index contributed by atoms with van der Waals surface area (Å²) in [5.41, 5.74) is 2.12. The molecular weight excluding hydrogens is 326 g/mol. The molecule has 0 radical (unpaired) electrons. The maximum Gasteiger partial charge on any atom is 0.312 e. The van der Waals surface area contributed by atoms with Crippen LogP contribution in [0.25, 0.3) is 11.1 Å². The van der Waals surface area contributed by atoms with Crippen LogP contribution in [0.3, 0.4) is 0 Å². The molecule has 3 heterocycles. The minimum Gasteiger partial charge on any atom is -0.323 e. The number of benzene rings is 2. The fraction of sp³-hybridized carbons (Fsp3) is 0.400. The topological polar surface area (TPSA) is 27.7 Å². The van der Waals surface area contributed by atoms with Crippen molar-refractivity contribution in [2.24, 2.45) is 5.41 Å². The van der Waals surface area contributed by atoms with E-state index in [0.717, 1.165) is 30.0 Å². The Morgan fingerprint density at radius 1 is 0.840 bits per heavy atom. The van der Waals surface area contributed by atoms with Crippen molar-refractivity contribution in [1.82, 2.24) is 0 Å². The van der Waals surface area contributed by atoms with Crippen LogP contribution in [0.5, 0.6) is 0 Å². The fourth-order valence-electron chi connectivity index (χ4n) is 3.53. The molecule has 0 amide bonds. The van der Waals surface area contributed by atoms with E-state index in [1.807, 2.05) is 24.3 Å². The van der Waals surface area contributed by atoms with Gasteiger partial charge in [-0.1, -0.05) is 43.7 Å². The Morgan fingerprint density at radius 2 is 1.44 bits per heavy atom. The third kappa shape index (κ3) is 2.86. The molecule has 0 saturated carbocycles. The summed E-state index contributed by atoms with van der Waals surface area (Å²) in [4.78, 5) is 0. The van der Waals surface area contributed by atoms with Crippen molar-refractivity contribution in [1.29, 1.82) is 0 Å². The molecule has 5 heteroatoms. The van der Waals surface area contributed by atoms with Crippen LogP contribution in [-0.4, -0.2) is 19.8 Å². The van der Waals surface area contributed by atoms with E-state index in [9.17, 15) is 8.78 Å². The van der Waals surface area contributed by atoms with Gasteiger partial charge >= 0.3 is 5.97 Å². The van der Waals surface area contributed by atoms with Crippen molar-refractivity contribution in [3.63, 3.8) is 0 Å². The Kier molecular flexibility index (Phi) is 4.10. The smallest absolute Gasteiger partial charge is 0.312 e. The van der Waals surface area contributed by atoms with Crippen molar-refractivity contribution in [2.45, 2.75) is 25.7 Å². The number of hydrogen-bond acceptors (Lipinski definition) is 3. The molecule has 3 saturated heterocycles. The number of rotatable bonds is 4. The van der Waals surface area contributed by atoms with Gasteiger partial charge in [-0.15, -0.1) is 0 Å². The van der Waals surface area contributed by atoms with Crippen molar-refractivity contribution in [2.75, 3.05) is 19.8 Å². The first-order valence-corrected chi connectivity index (χ1v) is 8.54. The van der Waals surface area contributed by atoms with Crippen LogP contribution in [0.4, 0.5) is 8.78 Å². The fourth-order valence-corrected chi connectivity index (χ4v) is 3.53. The second-order valence-electron chi connectivity index (χ2n) is 6.88. The van der Waals surface area contributed by atoms with Gasteiger partial charge in [-0.3, -0.25) is 0 Å². The van der Waals surface area contributed by atoms with Gasteiger partial charge in [0.25, 0.3) is 0 Å². The van der Waals surface area contributed by atoms with Crippen LogP contribution >= 0.6 is 0 Å². The van der Waals surface area contributed by atoms with Gasteiger partial charge < -0.3 is 14.2 Å². The molecule has 3 aliphatic rings. The molecule has 2 aromatic rings. The van der Waals surface area contributed by atoms with Gasteiger partial charge in [0, 0.05) is 11.0 Å². The molecule has 0 spiro atoms. The summed E-state index contributed by atoms with van der Waals surface area (Å²) >= 11 is 0. The van der Waals surface area contributed by atoms with Crippen LogP contribution < -0.4 is 0 Å². The van der Waals surface area contributed by atoms with Crippen LogP contribution in [0, 0.1) is 17.0 Å². The molecule has 132 valence electrons. The van der Waals surface area contributed by atoms with Crippen molar-refractivity contribution in [3.05, 3.63) is 59.7 Å². The molecule has 0 aliphatic carbocycles. The average molecular weight is 346 g/mol. The van der Waals surface area contributed by atoms with Gasteiger partial charge in [0.1, 0.15) is 0 Å². The standard InChI is InChI=1S/C20H20F2O3/c1-2-9-19-11-23-20(24-12-19,25-13-19)16-6-3-14(4-7-16)15-5-8-17(21)18(22)10-15/h3-8,10H,2,9,11-13H2,1H3. The quantitative estimate of drug-likeness (QED) is 0.809. The number of hydrogen-bond donors (Lipinski definition) is 0. The van der Waals surface area contributed by atoms with Gasteiger partial charge in [0.05, 0.1) is 19.8 Å². The number of ether oxygens (including phenoxy) is 3. The van der Waals surface area contributed by atoms with E-state index >= 15 is 0 Å². The molecule has 0 N–H and O–H groups in total. The van der Waals surface area contributed by atoms with Gasteiger partial charge in [-0.2, -0.15) is 0 Å². The lowest BCUT2D eigenvalue weighted by Gasteiger charge is -2.51. The normalized spacial score (nSPS) is 28.3. The van der Waals surface area contributed by atoms with Crippen LogP contribution in [0.1, 0.15) is 25.3 Å². The van der Waals surface area contributed by atoms with Crippen LogP contribution in [-0.2, 0) is 20.2 Å². The monoisotopic (exact) mass is 346 g/mol. The molecule has 0 atom stereocenters. The molecular formula is C20H20F2O3. The van der Waals surface area contributed by atoms with Crippen LogP contribution in [0.2, 0.25) is 0 Å². The number of halogens is 2. The van der Waals surface area contributed by atoms with Crippen molar-refractivity contribution < 1.29 is 23.0 Å². The van der Waals surface area contributed by atoms with E-state index < -0.39 is 17.6 Å². The summed E-state index contributed by atoms with van der Waals surface area (Å²) in [7, 11) is 0. The lowest BCUT2D eigenvalue weighted by Crippen LogP contribution is -2.58. The molecule has 3 nitrogen and oxygen atoms in total. The van der Waals surface area contributed by atoms with Crippen molar-refractivity contribution in [3.8, 4) is 11.1 Å². The first kappa shape index (κ1) is 16.6. The SMILES string of the molecule is CCCC12COC(c3ccc(-c4ccc(F)c(F)c4)cc3)(OC1)OC2. The minimum absolute atomic E-state index is 0.0396. The molecule has 2 aromatic carbocycles. The summed E-state index contributed by atoms with van der Waals surface area (Å²) < 4.78 is 44.3. The van der Waals surface area contributed by atoms with E-state index in [1.165, 1.54) is 6.07 Å². The predicted octanol–water partition coefficient (Wildman–Crippen LogP) is 4.61. The third-order valence-corrected chi connectivity index (χ3v) is 4.98. The second-order valence-corrected chi connectivity index (χ2v) is 6.88. The zero-order valence-electron chi connectivity index (χ0n) is 14.1.